The highest BCUT2D eigenvalue weighted by molar-refractivity contribution is 5.81. The van der Waals surface area contributed by atoms with Crippen molar-refractivity contribution >= 4 is 5.97 Å². The minimum Gasteiger partial charge on any atom is -0.493 e. The molecule has 0 heterocycles. The van der Waals surface area contributed by atoms with Gasteiger partial charge in [-0.1, -0.05) is 30.3 Å². The first kappa shape index (κ1) is 11.3. The summed E-state index contributed by atoms with van der Waals surface area (Å²) in [5.74, 6) is -0.421. The first-order chi connectivity index (χ1) is 7.24. The zero-order chi connectivity index (χ0) is 11.1. The second kappa shape index (κ2) is 5.86. The summed E-state index contributed by atoms with van der Waals surface area (Å²) >= 11 is 0. The minimum atomic E-state index is -0.421. The van der Waals surface area contributed by atoms with Crippen LogP contribution in [0.3, 0.4) is 0 Å². The van der Waals surface area contributed by atoms with Crippen LogP contribution in [0.25, 0.3) is 0 Å². The number of carbonyl (C=O) groups is 1. The Balaban J connectivity index is 2.47. The van der Waals surface area contributed by atoms with Gasteiger partial charge in [0.2, 0.25) is 0 Å². The van der Waals surface area contributed by atoms with Crippen molar-refractivity contribution in [1.82, 2.24) is 0 Å². The van der Waals surface area contributed by atoms with Crippen LogP contribution in [-0.4, -0.2) is 13.1 Å². The van der Waals surface area contributed by atoms with Crippen LogP contribution in [-0.2, 0) is 14.3 Å². The maximum Gasteiger partial charge on any atom is 0.333 e. The smallest absolute Gasteiger partial charge is 0.333 e. The fourth-order valence-electron chi connectivity index (χ4n) is 1.08. The van der Waals surface area contributed by atoms with Gasteiger partial charge in [-0.25, -0.2) is 4.79 Å². The number of rotatable bonds is 4. The fourth-order valence-corrected chi connectivity index (χ4v) is 1.08. The lowest BCUT2D eigenvalue weighted by Crippen LogP contribution is -1.97. The average molecular weight is 206 g/mol. The first-order valence-electron chi connectivity index (χ1n) is 4.69. The van der Waals surface area contributed by atoms with Gasteiger partial charge in [0.1, 0.15) is 6.10 Å². The van der Waals surface area contributed by atoms with Crippen molar-refractivity contribution in [3.8, 4) is 0 Å². The predicted molar refractivity (Wildman–Crippen MR) is 57.1 cm³/mol. The van der Waals surface area contributed by atoms with Crippen LogP contribution < -0.4 is 0 Å². The Kier molecular flexibility index (Phi) is 4.41. The molecule has 1 aromatic rings. The van der Waals surface area contributed by atoms with Crippen molar-refractivity contribution in [2.75, 3.05) is 7.11 Å². The van der Waals surface area contributed by atoms with Gasteiger partial charge in [-0.2, -0.15) is 0 Å². The molecule has 0 spiro atoms. The lowest BCUT2D eigenvalue weighted by Gasteiger charge is -2.10. The number of carbonyl (C=O) groups excluding carboxylic acids is 1. The Labute approximate surface area is 89.3 Å². The Morgan fingerprint density at radius 2 is 2.00 bits per heavy atom. The van der Waals surface area contributed by atoms with Crippen molar-refractivity contribution in [2.24, 2.45) is 0 Å². The number of esters is 1. The molecule has 0 saturated carbocycles. The van der Waals surface area contributed by atoms with Gasteiger partial charge in [0.25, 0.3) is 0 Å². The Morgan fingerprint density at radius 1 is 1.33 bits per heavy atom. The van der Waals surface area contributed by atoms with Gasteiger partial charge < -0.3 is 9.47 Å². The normalized spacial score (nSPS) is 12.4. The van der Waals surface area contributed by atoms with E-state index in [4.69, 9.17) is 4.74 Å². The highest BCUT2D eigenvalue weighted by Crippen LogP contribution is 2.15. The van der Waals surface area contributed by atoms with Gasteiger partial charge in [0.05, 0.1) is 19.4 Å². The van der Waals surface area contributed by atoms with Crippen LogP contribution in [0.2, 0.25) is 0 Å². The molecule has 1 atom stereocenters. The monoisotopic (exact) mass is 206 g/mol. The number of hydrogen-bond donors (Lipinski definition) is 0. The van der Waals surface area contributed by atoms with E-state index in [0.717, 1.165) is 5.56 Å². The summed E-state index contributed by atoms with van der Waals surface area (Å²) in [6.07, 6.45) is 2.52. The summed E-state index contributed by atoms with van der Waals surface area (Å²) in [7, 11) is 1.33. The van der Waals surface area contributed by atoms with E-state index in [1.54, 1.807) is 0 Å². The van der Waals surface area contributed by atoms with Crippen LogP contribution in [0.15, 0.2) is 42.7 Å². The predicted octanol–water partition coefficient (Wildman–Crippen LogP) is 2.45. The SMILES string of the molecule is COC(=O)/C=C/O[C@@H](C)c1ccccc1. The molecule has 3 heteroatoms. The second-order valence-corrected chi connectivity index (χ2v) is 3.01. The van der Waals surface area contributed by atoms with Gasteiger partial charge in [-0.3, -0.25) is 0 Å². The van der Waals surface area contributed by atoms with Crippen LogP contribution in [0.4, 0.5) is 0 Å². The molecule has 3 nitrogen and oxygen atoms in total. The van der Waals surface area contributed by atoms with Gasteiger partial charge in [0, 0.05) is 0 Å². The molecule has 1 aromatic carbocycles. The van der Waals surface area contributed by atoms with E-state index in [1.165, 1.54) is 19.4 Å². The topological polar surface area (TPSA) is 35.5 Å². The largest absolute Gasteiger partial charge is 0.493 e. The van der Waals surface area contributed by atoms with Crippen molar-refractivity contribution in [3.63, 3.8) is 0 Å². The first-order valence-corrected chi connectivity index (χ1v) is 4.69. The van der Waals surface area contributed by atoms with E-state index >= 15 is 0 Å². The zero-order valence-electron chi connectivity index (χ0n) is 8.84. The van der Waals surface area contributed by atoms with E-state index < -0.39 is 5.97 Å². The molecule has 0 saturated heterocycles. The summed E-state index contributed by atoms with van der Waals surface area (Å²) < 4.78 is 9.75. The number of benzene rings is 1. The van der Waals surface area contributed by atoms with Crippen LogP contribution >= 0.6 is 0 Å². The van der Waals surface area contributed by atoms with E-state index in [2.05, 4.69) is 4.74 Å². The lowest BCUT2D eigenvalue weighted by molar-refractivity contribution is -0.135. The summed E-state index contributed by atoms with van der Waals surface area (Å²) in [5, 5.41) is 0. The van der Waals surface area contributed by atoms with E-state index in [1.807, 2.05) is 37.3 Å². The Hall–Kier alpha value is -1.77. The maximum atomic E-state index is 10.7. The Morgan fingerprint density at radius 3 is 2.60 bits per heavy atom. The van der Waals surface area contributed by atoms with Crippen molar-refractivity contribution in [2.45, 2.75) is 13.0 Å². The molecule has 0 radical (unpaired) electrons. The molecule has 0 aliphatic rings. The summed E-state index contributed by atoms with van der Waals surface area (Å²) in [4.78, 5) is 10.7. The standard InChI is InChI=1S/C12H14O3/c1-10(11-6-4-3-5-7-11)15-9-8-12(13)14-2/h3-10H,1-2H3/b9-8+/t10-/m0/s1. The maximum absolute atomic E-state index is 10.7. The van der Waals surface area contributed by atoms with Gasteiger partial charge >= 0.3 is 5.97 Å². The molecule has 80 valence electrons. The highest BCUT2D eigenvalue weighted by Gasteiger charge is 2.02. The number of methoxy groups -OCH3 is 1. The second-order valence-electron chi connectivity index (χ2n) is 3.01. The number of ether oxygens (including phenoxy) is 2. The molecule has 0 bridgehead atoms. The molecule has 1 rings (SSSR count). The van der Waals surface area contributed by atoms with Crippen LogP contribution in [0, 0.1) is 0 Å². The quantitative estimate of drug-likeness (QED) is 0.431. The molecule has 0 fully saturated rings. The summed E-state index contributed by atoms with van der Waals surface area (Å²) in [6.45, 7) is 1.91. The highest BCUT2D eigenvalue weighted by atomic mass is 16.5. The van der Waals surface area contributed by atoms with E-state index in [0.29, 0.717) is 0 Å². The summed E-state index contributed by atoms with van der Waals surface area (Å²) in [5.41, 5.74) is 1.06. The third-order valence-electron chi connectivity index (χ3n) is 1.96. The fraction of sp³-hybridized carbons (Fsp3) is 0.250. The molecule has 0 amide bonds. The van der Waals surface area contributed by atoms with Crippen LogP contribution in [0.1, 0.15) is 18.6 Å². The van der Waals surface area contributed by atoms with Crippen LogP contribution in [0.5, 0.6) is 0 Å². The van der Waals surface area contributed by atoms with Gasteiger partial charge in [-0.15, -0.1) is 0 Å². The van der Waals surface area contributed by atoms with Gasteiger partial charge in [-0.05, 0) is 12.5 Å². The Bertz CT molecular complexity index is 330. The molecular weight excluding hydrogens is 192 g/mol. The van der Waals surface area contributed by atoms with Gasteiger partial charge in [0.15, 0.2) is 0 Å². The zero-order valence-corrected chi connectivity index (χ0v) is 8.84. The minimum absolute atomic E-state index is 0.0768. The number of hydrogen-bond acceptors (Lipinski definition) is 3. The third-order valence-corrected chi connectivity index (χ3v) is 1.96. The van der Waals surface area contributed by atoms with Crippen molar-refractivity contribution in [1.29, 1.82) is 0 Å². The molecule has 0 N–H and O–H groups in total. The lowest BCUT2D eigenvalue weighted by atomic mass is 10.1. The molecule has 0 aliphatic heterocycles. The molecule has 0 aliphatic carbocycles. The van der Waals surface area contributed by atoms with Crippen molar-refractivity contribution in [3.05, 3.63) is 48.2 Å². The average Bonchev–Trinajstić information content (AvgIpc) is 2.29. The van der Waals surface area contributed by atoms with Crippen molar-refractivity contribution < 1.29 is 14.3 Å². The molecule has 0 unspecified atom stereocenters. The van der Waals surface area contributed by atoms with E-state index in [9.17, 15) is 4.79 Å². The molecular formula is C12H14O3. The third kappa shape index (κ3) is 3.85. The molecule has 0 aromatic heterocycles. The van der Waals surface area contributed by atoms with E-state index in [-0.39, 0.29) is 6.10 Å². The molecule has 15 heavy (non-hydrogen) atoms. The summed E-state index contributed by atoms with van der Waals surface area (Å²) in [6, 6.07) is 9.77.